The average Bonchev–Trinajstić information content (AvgIpc) is 3.61. The molecular weight excluding hydrogens is 440 g/mol. The minimum atomic E-state index is 0.0438. The molecule has 0 spiro atoms. The fourth-order valence-corrected chi connectivity index (χ4v) is 5.63. The molecule has 1 saturated heterocycles. The van der Waals surface area contributed by atoms with Crippen LogP contribution >= 0.6 is 0 Å². The van der Waals surface area contributed by atoms with E-state index < -0.39 is 0 Å². The molecule has 35 heavy (non-hydrogen) atoms. The minimum absolute atomic E-state index is 0.0438. The fourth-order valence-electron chi connectivity index (χ4n) is 5.63. The van der Waals surface area contributed by atoms with Crippen molar-refractivity contribution in [3.8, 4) is 11.5 Å². The van der Waals surface area contributed by atoms with Crippen LogP contribution in [0.3, 0.4) is 0 Å². The van der Waals surface area contributed by atoms with Crippen LogP contribution in [0.5, 0.6) is 11.5 Å². The molecule has 1 saturated carbocycles. The molecule has 3 aromatic rings. The predicted octanol–water partition coefficient (Wildman–Crippen LogP) is 3.58. The van der Waals surface area contributed by atoms with Crippen molar-refractivity contribution >= 4 is 0 Å². The Kier molecular flexibility index (Phi) is 7.59. The largest absolute Gasteiger partial charge is 0.493 e. The molecule has 0 radical (unpaired) electrons. The third-order valence-electron chi connectivity index (χ3n) is 7.53. The zero-order valence-corrected chi connectivity index (χ0v) is 20.8. The van der Waals surface area contributed by atoms with E-state index in [9.17, 15) is 0 Å². The molecule has 8 nitrogen and oxygen atoms in total. The van der Waals surface area contributed by atoms with Crippen LogP contribution < -0.4 is 9.47 Å². The number of hydrogen-bond acceptors (Lipinski definition) is 7. The molecule has 5 rings (SSSR count). The van der Waals surface area contributed by atoms with Crippen molar-refractivity contribution in [3.05, 3.63) is 65.5 Å². The summed E-state index contributed by atoms with van der Waals surface area (Å²) in [6, 6.07) is 17.5. The van der Waals surface area contributed by atoms with Gasteiger partial charge in [0.05, 0.1) is 20.3 Å². The van der Waals surface area contributed by atoms with Gasteiger partial charge < -0.3 is 9.47 Å². The maximum atomic E-state index is 5.48. The van der Waals surface area contributed by atoms with E-state index >= 15 is 0 Å². The van der Waals surface area contributed by atoms with Gasteiger partial charge >= 0.3 is 0 Å². The smallest absolute Gasteiger partial charge is 0.173 e. The number of methoxy groups -OCH3 is 2. The highest BCUT2D eigenvalue weighted by Crippen LogP contribution is 2.31. The summed E-state index contributed by atoms with van der Waals surface area (Å²) < 4.78 is 12.8. The number of nitrogens with zero attached hydrogens (tertiary/aromatic N) is 6. The Hall–Kier alpha value is -2.97. The minimum Gasteiger partial charge on any atom is -0.493 e. The second kappa shape index (κ2) is 11.2. The van der Waals surface area contributed by atoms with E-state index in [1.165, 1.54) is 31.2 Å². The van der Waals surface area contributed by atoms with Crippen LogP contribution in [0, 0.1) is 0 Å². The molecule has 0 amide bonds. The highest BCUT2D eigenvalue weighted by molar-refractivity contribution is 5.42. The van der Waals surface area contributed by atoms with Gasteiger partial charge in [-0.3, -0.25) is 9.80 Å². The van der Waals surface area contributed by atoms with Crippen LogP contribution in [-0.2, 0) is 13.0 Å². The van der Waals surface area contributed by atoms with Gasteiger partial charge in [-0.25, -0.2) is 4.68 Å². The van der Waals surface area contributed by atoms with Crippen molar-refractivity contribution in [2.45, 2.75) is 50.7 Å². The Morgan fingerprint density at radius 2 is 1.66 bits per heavy atom. The summed E-state index contributed by atoms with van der Waals surface area (Å²) in [5, 5.41) is 13.0. The summed E-state index contributed by atoms with van der Waals surface area (Å²) in [6.45, 7) is 4.98. The van der Waals surface area contributed by atoms with E-state index in [-0.39, 0.29) is 6.04 Å². The Morgan fingerprint density at radius 3 is 2.37 bits per heavy atom. The van der Waals surface area contributed by atoms with Gasteiger partial charge in [-0.2, -0.15) is 0 Å². The number of aryl methyl sites for hydroxylation is 2. The van der Waals surface area contributed by atoms with Crippen molar-refractivity contribution < 1.29 is 9.47 Å². The van der Waals surface area contributed by atoms with E-state index in [0.29, 0.717) is 6.54 Å². The number of piperazine rings is 1. The third-order valence-corrected chi connectivity index (χ3v) is 7.53. The van der Waals surface area contributed by atoms with E-state index in [2.05, 4.69) is 61.7 Å². The van der Waals surface area contributed by atoms with Crippen LogP contribution in [0.2, 0.25) is 0 Å². The first kappa shape index (κ1) is 23.8. The van der Waals surface area contributed by atoms with Crippen molar-refractivity contribution in [3.63, 3.8) is 0 Å². The van der Waals surface area contributed by atoms with Gasteiger partial charge in [0, 0.05) is 38.8 Å². The van der Waals surface area contributed by atoms with Crippen molar-refractivity contribution in [1.29, 1.82) is 0 Å². The summed E-state index contributed by atoms with van der Waals surface area (Å²) in [7, 11) is 3.32. The van der Waals surface area contributed by atoms with Crippen LogP contribution in [-0.4, -0.2) is 76.4 Å². The first-order chi connectivity index (χ1) is 17.3. The molecule has 0 unspecified atom stereocenters. The van der Waals surface area contributed by atoms with Gasteiger partial charge in [0.15, 0.2) is 17.3 Å². The summed E-state index contributed by atoms with van der Waals surface area (Å²) in [6.07, 6.45) is 6.28. The molecule has 1 aliphatic carbocycles. The number of benzene rings is 2. The predicted molar refractivity (Wildman–Crippen MR) is 135 cm³/mol. The number of aromatic nitrogens is 4. The number of tetrazole rings is 1. The van der Waals surface area contributed by atoms with Crippen molar-refractivity contribution in [2.24, 2.45) is 0 Å². The molecule has 1 aliphatic heterocycles. The monoisotopic (exact) mass is 476 g/mol. The average molecular weight is 477 g/mol. The van der Waals surface area contributed by atoms with Crippen molar-refractivity contribution in [2.75, 3.05) is 40.4 Å². The molecule has 186 valence electrons. The van der Waals surface area contributed by atoms with Gasteiger partial charge in [0.25, 0.3) is 0 Å². The van der Waals surface area contributed by atoms with Gasteiger partial charge in [-0.1, -0.05) is 49.2 Å². The molecule has 2 aromatic carbocycles. The highest BCUT2D eigenvalue weighted by Gasteiger charge is 2.32. The quantitative estimate of drug-likeness (QED) is 0.468. The van der Waals surface area contributed by atoms with E-state index in [1.54, 1.807) is 14.2 Å². The lowest BCUT2D eigenvalue weighted by Gasteiger charge is -2.41. The second-order valence-corrected chi connectivity index (χ2v) is 9.52. The Morgan fingerprint density at radius 1 is 0.914 bits per heavy atom. The van der Waals surface area contributed by atoms with Crippen LogP contribution in [0.4, 0.5) is 0 Å². The highest BCUT2D eigenvalue weighted by atomic mass is 16.5. The molecule has 2 heterocycles. The SMILES string of the molecule is COc1ccc(CCn2nnnc2[C@@H](c2ccccc2)N2CCN(C3CCCC3)CC2)cc1OC. The lowest BCUT2D eigenvalue weighted by molar-refractivity contribution is 0.0770. The molecular formula is C27H36N6O2. The molecule has 0 bridgehead atoms. The molecule has 2 aliphatic rings. The van der Waals surface area contributed by atoms with Gasteiger partial charge in [-0.15, -0.1) is 5.10 Å². The van der Waals surface area contributed by atoms with E-state index in [0.717, 1.165) is 61.5 Å². The fraction of sp³-hybridized carbons (Fsp3) is 0.519. The Bertz CT molecular complexity index is 1070. The maximum absolute atomic E-state index is 5.48. The van der Waals surface area contributed by atoms with E-state index in [1.807, 2.05) is 16.8 Å². The molecule has 2 fully saturated rings. The molecule has 0 N–H and O–H groups in total. The topological polar surface area (TPSA) is 68.5 Å². The van der Waals surface area contributed by atoms with Crippen LogP contribution in [0.15, 0.2) is 48.5 Å². The van der Waals surface area contributed by atoms with Crippen molar-refractivity contribution in [1.82, 2.24) is 30.0 Å². The number of rotatable bonds is 9. The zero-order valence-electron chi connectivity index (χ0n) is 20.8. The Labute approximate surface area is 207 Å². The maximum Gasteiger partial charge on any atom is 0.173 e. The summed E-state index contributed by atoms with van der Waals surface area (Å²) in [4.78, 5) is 5.25. The Balaban J connectivity index is 1.34. The van der Waals surface area contributed by atoms with Gasteiger partial charge in [0.1, 0.15) is 0 Å². The number of hydrogen-bond donors (Lipinski definition) is 0. The summed E-state index contributed by atoms with van der Waals surface area (Å²) in [5.41, 5.74) is 2.40. The molecule has 8 heteroatoms. The van der Waals surface area contributed by atoms with Crippen LogP contribution in [0.25, 0.3) is 0 Å². The van der Waals surface area contributed by atoms with Crippen LogP contribution in [0.1, 0.15) is 48.7 Å². The summed E-state index contributed by atoms with van der Waals surface area (Å²) in [5.74, 6) is 2.38. The first-order valence-corrected chi connectivity index (χ1v) is 12.8. The molecule has 1 aromatic heterocycles. The lowest BCUT2D eigenvalue weighted by atomic mass is 10.0. The van der Waals surface area contributed by atoms with Gasteiger partial charge in [-0.05, 0) is 52.9 Å². The zero-order chi connectivity index (χ0) is 24.0. The number of ether oxygens (including phenoxy) is 2. The van der Waals surface area contributed by atoms with E-state index in [4.69, 9.17) is 9.47 Å². The third kappa shape index (κ3) is 5.33. The second-order valence-electron chi connectivity index (χ2n) is 9.52. The summed E-state index contributed by atoms with van der Waals surface area (Å²) >= 11 is 0. The standard InChI is InChI=1S/C27H36N6O2/c1-34-24-13-12-21(20-25(24)35-2)14-15-33-27(28-29-30-33)26(22-8-4-3-5-9-22)32-18-16-31(17-19-32)23-10-6-7-11-23/h3-5,8-9,12-13,20,23,26H,6-7,10-11,14-19H2,1-2H3/t26-/m1/s1. The van der Waals surface area contributed by atoms with Gasteiger partial charge in [0.2, 0.25) is 0 Å². The molecule has 1 atom stereocenters. The first-order valence-electron chi connectivity index (χ1n) is 12.8. The normalized spacial score (nSPS) is 18.6. The lowest BCUT2D eigenvalue weighted by Crippen LogP contribution is -2.51.